The molecule has 0 radical (unpaired) electrons. The van der Waals surface area contributed by atoms with Crippen LogP contribution in [0.15, 0.2) is 0 Å². The number of esters is 1. The summed E-state index contributed by atoms with van der Waals surface area (Å²) in [7, 11) is 1.48. The quantitative estimate of drug-likeness (QED) is 0.712. The van der Waals surface area contributed by atoms with E-state index in [1.165, 1.54) is 39.2 Å². The number of ether oxygens (including phenoxy) is 2. The molecule has 2 aliphatic rings. The van der Waals surface area contributed by atoms with E-state index < -0.39 is 5.41 Å². The van der Waals surface area contributed by atoms with Crippen LogP contribution in [0.25, 0.3) is 0 Å². The SMILES string of the molecule is COC(=O)C(C)(C)C1(C2CCCCC2)COC1. The molecule has 0 aromatic carbocycles. The lowest BCUT2D eigenvalue weighted by molar-refractivity contribution is -0.223. The van der Waals surface area contributed by atoms with Crippen LogP contribution in [0.3, 0.4) is 0 Å². The van der Waals surface area contributed by atoms with Crippen molar-refractivity contribution in [3.05, 3.63) is 0 Å². The third-order valence-corrected chi connectivity index (χ3v) is 5.05. The molecule has 1 saturated heterocycles. The molecule has 0 atom stereocenters. The highest BCUT2D eigenvalue weighted by Gasteiger charge is 2.59. The Hall–Kier alpha value is -0.570. The lowest BCUT2D eigenvalue weighted by atomic mass is 9.54. The van der Waals surface area contributed by atoms with E-state index in [2.05, 4.69) is 0 Å². The maximum absolute atomic E-state index is 12.0. The van der Waals surface area contributed by atoms with Crippen molar-refractivity contribution < 1.29 is 14.3 Å². The minimum atomic E-state index is -0.429. The zero-order valence-electron chi connectivity index (χ0n) is 11.3. The maximum Gasteiger partial charge on any atom is 0.311 e. The molecule has 0 aromatic rings. The molecule has 17 heavy (non-hydrogen) atoms. The first-order valence-corrected chi connectivity index (χ1v) is 6.71. The van der Waals surface area contributed by atoms with Crippen molar-refractivity contribution in [2.45, 2.75) is 46.0 Å². The second kappa shape index (κ2) is 4.60. The van der Waals surface area contributed by atoms with Crippen molar-refractivity contribution in [2.24, 2.45) is 16.7 Å². The fraction of sp³-hybridized carbons (Fsp3) is 0.929. The number of carbonyl (C=O) groups excluding carboxylic acids is 1. The van der Waals surface area contributed by atoms with Crippen LogP contribution < -0.4 is 0 Å². The summed E-state index contributed by atoms with van der Waals surface area (Å²) in [5.74, 6) is 0.533. The summed E-state index contributed by atoms with van der Waals surface area (Å²) in [5.41, 5.74) is -0.414. The Morgan fingerprint density at radius 2 is 1.82 bits per heavy atom. The van der Waals surface area contributed by atoms with E-state index in [0.29, 0.717) is 5.92 Å². The van der Waals surface area contributed by atoms with Crippen LogP contribution in [0.4, 0.5) is 0 Å². The Bertz CT molecular complexity index is 286. The highest BCUT2D eigenvalue weighted by atomic mass is 16.5. The Morgan fingerprint density at radius 1 is 1.24 bits per heavy atom. The average molecular weight is 240 g/mol. The number of hydrogen-bond donors (Lipinski definition) is 0. The number of carbonyl (C=O) groups is 1. The second-order valence-corrected chi connectivity index (χ2v) is 6.10. The molecule has 2 fully saturated rings. The van der Waals surface area contributed by atoms with Crippen molar-refractivity contribution >= 4 is 5.97 Å². The zero-order valence-corrected chi connectivity index (χ0v) is 11.3. The van der Waals surface area contributed by atoms with E-state index in [0.717, 1.165) is 13.2 Å². The van der Waals surface area contributed by atoms with Crippen LogP contribution in [0.1, 0.15) is 46.0 Å². The zero-order chi connectivity index (χ0) is 12.5. The molecule has 1 aliphatic carbocycles. The van der Waals surface area contributed by atoms with Crippen molar-refractivity contribution in [1.29, 1.82) is 0 Å². The normalized spacial score (nSPS) is 25.1. The molecule has 1 heterocycles. The Labute approximate surface area is 104 Å². The first-order chi connectivity index (χ1) is 8.04. The van der Waals surface area contributed by atoms with E-state index in [-0.39, 0.29) is 11.4 Å². The van der Waals surface area contributed by atoms with Crippen LogP contribution in [-0.2, 0) is 14.3 Å². The summed E-state index contributed by atoms with van der Waals surface area (Å²) < 4.78 is 10.5. The van der Waals surface area contributed by atoms with Crippen molar-refractivity contribution in [1.82, 2.24) is 0 Å². The molecule has 1 saturated carbocycles. The molecule has 0 aromatic heterocycles. The fourth-order valence-corrected chi connectivity index (χ4v) is 3.54. The van der Waals surface area contributed by atoms with Gasteiger partial charge in [0.1, 0.15) is 0 Å². The van der Waals surface area contributed by atoms with Gasteiger partial charge < -0.3 is 9.47 Å². The van der Waals surface area contributed by atoms with Crippen LogP contribution in [0.5, 0.6) is 0 Å². The Kier molecular flexibility index (Phi) is 3.48. The molecule has 3 nitrogen and oxygen atoms in total. The summed E-state index contributed by atoms with van der Waals surface area (Å²) in [6, 6.07) is 0. The van der Waals surface area contributed by atoms with Gasteiger partial charge in [-0.15, -0.1) is 0 Å². The van der Waals surface area contributed by atoms with Gasteiger partial charge in [-0.1, -0.05) is 19.3 Å². The van der Waals surface area contributed by atoms with Crippen molar-refractivity contribution in [3.8, 4) is 0 Å². The highest BCUT2D eigenvalue weighted by Crippen LogP contribution is 2.55. The second-order valence-electron chi connectivity index (χ2n) is 6.10. The van der Waals surface area contributed by atoms with E-state index in [9.17, 15) is 4.79 Å². The van der Waals surface area contributed by atoms with Crippen LogP contribution in [0.2, 0.25) is 0 Å². The first kappa shape index (κ1) is 12.9. The molecule has 98 valence electrons. The lowest BCUT2D eigenvalue weighted by Crippen LogP contribution is -2.60. The van der Waals surface area contributed by atoms with Gasteiger partial charge in [-0.05, 0) is 32.6 Å². The molecule has 0 bridgehead atoms. The smallest absolute Gasteiger partial charge is 0.311 e. The van der Waals surface area contributed by atoms with E-state index >= 15 is 0 Å². The Morgan fingerprint density at radius 3 is 2.24 bits per heavy atom. The molecule has 3 heteroatoms. The number of rotatable bonds is 3. The third-order valence-electron chi connectivity index (χ3n) is 5.05. The van der Waals surface area contributed by atoms with Crippen LogP contribution >= 0.6 is 0 Å². The van der Waals surface area contributed by atoms with Gasteiger partial charge in [-0.3, -0.25) is 4.79 Å². The Balaban J connectivity index is 2.20. The molecular formula is C14H24O3. The molecule has 0 unspecified atom stereocenters. The van der Waals surface area contributed by atoms with Gasteiger partial charge in [0.25, 0.3) is 0 Å². The van der Waals surface area contributed by atoms with Gasteiger partial charge in [0.15, 0.2) is 0 Å². The van der Waals surface area contributed by atoms with Crippen LogP contribution in [0, 0.1) is 16.7 Å². The predicted molar refractivity (Wildman–Crippen MR) is 65.6 cm³/mol. The summed E-state index contributed by atoms with van der Waals surface area (Å²) in [5, 5.41) is 0. The lowest BCUT2D eigenvalue weighted by Gasteiger charge is -2.56. The highest BCUT2D eigenvalue weighted by molar-refractivity contribution is 5.77. The van der Waals surface area contributed by atoms with Gasteiger partial charge in [0, 0.05) is 5.41 Å². The van der Waals surface area contributed by atoms with E-state index in [4.69, 9.17) is 9.47 Å². The van der Waals surface area contributed by atoms with Crippen molar-refractivity contribution in [3.63, 3.8) is 0 Å². The average Bonchev–Trinajstić information content (AvgIpc) is 2.27. The number of methoxy groups -OCH3 is 1. The third kappa shape index (κ3) is 1.88. The van der Waals surface area contributed by atoms with Gasteiger partial charge in [0.05, 0.1) is 25.7 Å². The van der Waals surface area contributed by atoms with E-state index in [1.807, 2.05) is 13.8 Å². The number of hydrogen-bond acceptors (Lipinski definition) is 3. The van der Waals surface area contributed by atoms with Gasteiger partial charge in [-0.2, -0.15) is 0 Å². The van der Waals surface area contributed by atoms with Gasteiger partial charge in [0.2, 0.25) is 0 Å². The monoisotopic (exact) mass is 240 g/mol. The molecule has 1 aliphatic heterocycles. The van der Waals surface area contributed by atoms with Gasteiger partial charge in [-0.25, -0.2) is 0 Å². The minimum absolute atomic E-state index is 0.0144. The summed E-state index contributed by atoms with van der Waals surface area (Å²) in [6.07, 6.45) is 6.41. The van der Waals surface area contributed by atoms with Crippen molar-refractivity contribution in [2.75, 3.05) is 20.3 Å². The molecule has 2 rings (SSSR count). The maximum atomic E-state index is 12.0. The minimum Gasteiger partial charge on any atom is -0.469 e. The topological polar surface area (TPSA) is 35.5 Å². The predicted octanol–water partition coefficient (Wildman–Crippen LogP) is 2.78. The summed E-state index contributed by atoms with van der Waals surface area (Å²) in [6.45, 7) is 5.49. The molecule has 0 spiro atoms. The van der Waals surface area contributed by atoms with E-state index in [1.54, 1.807) is 0 Å². The van der Waals surface area contributed by atoms with Gasteiger partial charge >= 0.3 is 5.97 Å². The molecule has 0 N–H and O–H groups in total. The fourth-order valence-electron chi connectivity index (χ4n) is 3.54. The standard InChI is InChI=1S/C14H24O3/c1-13(2,12(15)16-3)14(9-17-10-14)11-7-5-4-6-8-11/h11H,4-10H2,1-3H3. The molecular weight excluding hydrogens is 216 g/mol. The summed E-state index contributed by atoms with van der Waals surface area (Å²) in [4.78, 5) is 12.0. The van der Waals surface area contributed by atoms with Crippen LogP contribution in [-0.4, -0.2) is 26.3 Å². The first-order valence-electron chi connectivity index (χ1n) is 6.71. The summed E-state index contributed by atoms with van der Waals surface area (Å²) >= 11 is 0. The molecule has 0 amide bonds. The largest absolute Gasteiger partial charge is 0.469 e.